The second-order valence-corrected chi connectivity index (χ2v) is 11.8. The summed E-state index contributed by atoms with van der Waals surface area (Å²) in [5, 5.41) is 7.78. The van der Waals surface area contributed by atoms with Crippen molar-refractivity contribution in [2.75, 3.05) is 0 Å². The number of thiophene rings is 1. The van der Waals surface area contributed by atoms with Crippen LogP contribution in [-0.4, -0.2) is 9.13 Å². The summed E-state index contributed by atoms with van der Waals surface area (Å²) in [6, 6.07) is 46.9. The molecule has 0 radical (unpaired) electrons. The molecule has 0 N–H and O–H groups in total. The third kappa shape index (κ3) is 2.98. The summed E-state index contributed by atoms with van der Waals surface area (Å²) in [6.07, 6.45) is 0. The molecule has 0 bridgehead atoms. The van der Waals surface area contributed by atoms with Gasteiger partial charge in [-0.1, -0.05) is 66.2 Å². The fourth-order valence-corrected chi connectivity index (χ4v) is 7.68. The molecule has 0 unspecified atom stereocenters. The highest BCUT2D eigenvalue weighted by atomic mass is 32.1. The highest BCUT2D eigenvalue weighted by molar-refractivity contribution is 7.25. The Morgan fingerprint density at radius 3 is 1.62 bits per heavy atom. The number of aryl methyl sites for hydroxylation is 1. The molecule has 9 rings (SSSR count). The molecule has 0 fully saturated rings. The minimum Gasteiger partial charge on any atom is -0.309 e. The molecule has 3 heterocycles. The molecule has 0 aliphatic rings. The van der Waals surface area contributed by atoms with Crippen LogP contribution in [0, 0.1) is 6.92 Å². The number of aromatic nitrogens is 2. The van der Waals surface area contributed by atoms with Gasteiger partial charge in [0.05, 0.1) is 22.1 Å². The van der Waals surface area contributed by atoms with E-state index >= 15 is 0 Å². The molecule has 0 atom stereocenters. The monoisotopic (exact) mass is 528 g/mol. The molecule has 0 saturated carbocycles. The SMILES string of the molecule is Cc1ccc2c(c1)c1ccccc1n2-c1ccc2c(c1)c1ccccc1n2-c1ccc2sc3ccccc3c2c1. The first-order chi connectivity index (χ1) is 19.7. The highest BCUT2D eigenvalue weighted by Crippen LogP contribution is 2.39. The topological polar surface area (TPSA) is 9.86 Å². The maximum Gasteiger partial charge on any atom is 0.0542 e. The summed E-state index contributed by atoms with van der Waals surface area (Å²) in [5.41, 5.74) is 8.59. The molecule has 0 aliphatic heterocycles. The van der Waals surface area contributed by atoms with Crippen molar-refractivity contribution in [2.24, 2.45) is 0 Å². The number of hydrogen-bond acceptors (Lipinski definition) is 1. The minimum atomic E-state index is 1.18. The van der Waals surface area contributed by atoms with Crippen LogP contribution in [-0.2, 0) is 0 Å². The van der Waals surface area contributed by atoms with Crippen LogP contribution in [0.3, 0.4) is 0 Å². The van der Waals surface area contributed by atoms with E-state index in [0.29, 0.717) is 0 Å². The van der Waals surface area contributed by atoms with Crippen molar-refractivity contribution < 1.29 is 0 Å². The fourth-order valence-electron chi connectivity index (χ4n) is 6.60. The van der Waals surface area contributed by atoms with E-state index in [4.69, 9.17) is 0 Å². The van der Waals surface area contributed by atoms with Crippen LogP contribution in [0.1, 0.15) is 5.56 Å². The Labute approximate surface area is 234 Å². The molecule has 0 spiro atoms. The first-order valence-corrected chi connectivity index (χ1v) is 14.5. The van der Waals surface area contributed by atoms with Crippen molar-refractivity contribution in [2.45, 2.75) is 6.92 Å². The Balaban J connectivity index is 1.34. The lowest BCUT2D eigenvalue weighted by Crippen LogP contribution is -1.95. The standard InChI is InChI=1S/C37H24N2S/c1-23-14-17-34-29(20-23)26-8-2-5-11-32(26)38(34)24-15-18-35-30(21-24)27-9-3-6-12-33(27)39(35)25-16-19-37-31(22-25)28-10-4-7-13-36(28)40-37/h2-22H,1H3. The number of para-hydroxylation sites is 2. The van der Waals surface area contributed by atoms with Crippen LogP contribution in [0.15, 0.2) is 127 Å². The van der Waals surface area contributed by atoms with E-state index in [1.54, 1.807) is 0 Å². The van der Waals surface area contributed by atoms with Gasteiger partial charge in [0.15, 0.2) is 0 Å². The van der Waals surface area contributed by atoms with Gasteiger partial charge in [-0.2, -0.15) is 0 Å². The Morgan fingerprint density at radius 2 is 0.900 bits per heavy atom. The van der Waals surface area contributed by atoms with Crippen LogP contribution in [0.5, 0.6) is 0 Å². The van der Waals surface area contributed by atoms with Crippen LogP contribution in [0.4, 0.5) is 0 Å². The number of benzene rings is 6. The summed E-state index contributed by atoms with van der Waals surface area (Å²) in [7, 11) is 0. The van der Waals surface area contributed by atoms with Gasteiger partial charge in [-0.15, -0.1) is 11.3 Å². The second-order valence-electron chi connectivity index (χ2n) is 10.7. The Hall–Kier alpha value is -4.86. The van der Waals surface area contributed by atoms with E-state index in [9.17, 15) is 0 Å². The summed E-state index contributed by atoms with van der Waals surface area (Å²) in [5.74, 6) is 0. The molecule has 40 heavy (non-hydrogen) atoms. The number of nitrogens with zero attached hydrogens (tertiary/aromatic N) is 2. The van der Waals surface area contributed by atoms with Crippen molar-refractivity contribution in [3.8, 4) is 11.4 Å². The van der Waals surface area contributed by atoms with E-state index in [1.807, 2.05) is 11.3 Å². The number of hydrogen-bond donors (Lipinski definition) is 0. The van der Waals surface area contributed by atoms with Gasteiger partial charge >= 0.3 is 0 Å². The van der Waals surface area contributed by atoms with Crippen molar-refractivity contribution >= 4 is 75.1 Å². The quantitative estimate of drug-likeness (QED) is 0.211. The highest BCUT2D eigenvalue weighted by Gasteiger charge is 2.17. The third-order valence-electron chi connectivity index (χ3n) is 8.36. The van der Waals surface area contributed by atoms with Gasteiger partial charge in [-0.05, 0) is 73.7 Å². The number of fused-ring (bicyclic) bond motifs is 9. The minimum absolute atomic E-state index is 1.18. The smallest absolute Gasteiger partial charge is 0.0542 e. The lowest BCUT2D eigenvalue weighted by atomic mass is 10.1. The van der Waals surface area contributed by atoms with Crippen LogP contribution >= 0.6 is 11.3 Å². The lowest BCUT2D eigenvalue weighted by Gasteiger charge is -2.11. The molecule has 2 nitrogen and oxygen atoms in total. The Morgan fingerprint density at radius 1 is 0.400 bits per heavy atom. The van der Waals surface area contributed by atoms with Gasteiger partial charge in [0.25, 0.3) is 0 Å². The lowest BCUT2D eigenvalue weighted by molar-refractivity contribution is 1.17. The van der Waals surface area contributed by atoms with Crippen molar-refractivity contribution in [3.05, 3.63) is 133 Å². The molecule has 9 aromatic rings. The van der Waals surface area contributed by atoms with E-state index in [2.05, 4.69) is 143 Å². The Bertz CT molecular complexity index is 2450. The average Bonchev–Trinajstić information content (AvgIpc) is 3.64. The largest absolute Gasteiger partial charge is 0.309 e. The van der Waals surface area contributed by atoms with Crippen molar-refractivity contribution in [3.63, 3.8) is 0 Å². The predicted molar refractivity (Wildman–Crippen MR) is 173 cm³/mol. The van der Waals surface area contributed by atoms with Gasteiger partial charge in [0.1, 0.15) is 0 Å². The van der Waals surface area contributed by atoms with Crippen molar-refractivity contribution in [1.82, 2.24) is 9.13 Å². The molecule has 0 amide bonds. The second kappa shape index (κ2) is 8.08. The first kappa shape index (κ1) is 22.0. The van der Waals surface area contributed by atoms with E-state index in [0.717, 1.165) is 0 Å². The maximum absolute atomic E-state index is 2.43. The molecule has 0 aliphatic carbocycles. The predicted octanol–water partition coefficient (Wildman–Crippen LogP) is 10.6. The first-order valence-electron chi connectivity index (χ1n) is 13.7. The van der Waals surface area contributed by atoms with Gasteiger partial charge in [-0.3, -0.25) is 0 Å². The fraction of sp³-hybridized carbons (Fsp3) is 0.0270. The van der Waals surface area contributed by atoms with E-state index in [1.165, 1.54) is 80.7 Å². The summed E-state index contributed by atoms with van der Waals surface area (Å²) < 4.78 is 7.51. The average molecular weight is 529 g/mol. The Kier molecular flexibility index (Phi) is 4.44. The zero-order chi connectivity index (χ0) is 26.4. The maximum atomic E-state index is 2.43. The van der Waals surface area contributed by atoms with E-state index < -0.39 is 0 Å². The van der Waals surface area contributed by atoms with Gasteiger partial charge in [0.2, 0.25) is 0 Å². The molecular weight excluding hydrogens is 504 g/mol. The number of rotatable bonds is 2. The molecule has 3 heteroatoms. The van der Waals surface area contributed by atoms with Gasteiger partial charge < -0.3 is 9.13 Å². The van der Waals surface area contributed by atoms with E-state index in [-0.39, 0.29) is 0 Å². The summed E-state index contributed by atoms with van der Waals surface area (Å²) in [4.78, 5) is 0. The summed E-state index contributed by atoms with van der Waals surface area (Å²) in [6.45, 7) is 2.17. The normalized spacial score (nSPS) is 12.1. The van der Waals surface area contributed by atoms with Crippen LogP contribution in [0.2, 0.25) is 0 Å². The van der Waals surface area contributed by atoms with Gasteiger partial charge in [-0.25, -0.2) is 0 Å². The molecule has 188 valence electrons. The van der Waals surface area contributed by atoms with Crippen molar-refractivity contribution in [1.29, 1.82) is 0 Å². The third-order valence-corrected chi connectivity index (χ3v) is 9.51. The molecule has 3 aromatic heterocycles. The molecule has 6 aromatic carbocycles. The zero-order valence-electron chi connectivity index (χ0n) is 21.9. The van der Waals surface area contributed by atoms with Crippen LogP contribution < -0.4 is 0 Å². The van der Waals surface area contributed by atoms with Crippen LogP contribution in [0.25, 0.3) is 75.2 Å². The molecular formula is C37H24N2S. The van der Waals surface area contributed by atoms with Gasteiger partial charge in [0, 0.05) is 53.1 Å². The summed E-state index contributed by atoms with van der Waals surface area (Å²) >= 11 is 1.87. The zero-order valence-corrected chi connectivity index (χ0v) is 22.7. The molecule has 0 saturated heterocycles.